The summed E-state index contributed by atoms with van der Waals surface area (Å²) >= 11 is 0. The van der Waals surface area contributed by atoms with Crippen molar-refractivity contribution in [1.29, 1.82) is 0 Å². The molecule has 0 saturated carbocycles. The Bertz CT molecular complexity index is 55.2. The average Bonchev–Trinajstić information content (AvgIpc) is 1.61. The van der Waals surface area contributed by atoms with Gasteiger partial charge in [0, 0.05) is 78.7 Å². The van der Waals surface area contributed by atoms with E-state index in [1.165, 1.54) is 12.3 Å². The van der Waals surface area contributed by atoms with Crippen LogP contribution in [-0.4, -0.2) is 40.8 Å². The summed E-state index contributed by atoms with van der Waals surface area (Å²) in [4.78, 5) is 0. The molecule has 2 atom stereocenters. The van der Waals surface area contributed by atoms with Crippen LogP contribution in [-0.2, 0) is 65.4 Å². The zero-order chi connectivity index (χ0) is 6.57. The zero-order valence-electron chi connectivity index (χ0n) is 6.72. The molecule has 0 bridgehead atoms. The summed E-state index contributed by atoms with van der Waals surface area (Å²) in [6.45, 7) is 4.24. The Morgan fingerprint density at radius 3 is 1.20 bits per heavy atom. The second-order valence-electron chi connectivity index (χ2n) is 2.19. The van der Waals surface area contributed by atoms with Gasteiger partial charge >= 0.3 is 15.1 Å². The van der Waals surface area contributed by atoms with Crippen molar-refractivity contribution in [2.24, 2.45) is 0 Å². The van der Waals surface area contributed by atoms with Crippen molar-refractivity contribution in [3.63, 3.8) is 0 Å². The van der Waals surface area contributed by atoms with Crippen LogP contribution in [0.25, 0.3) is 0 Å². The molecule has 48 valence electrons. The molecule has 0 N–H and O–H groups in total. The largest absolute Gasteiger partial charge is 0.362 e. The summed E-state index contributed by atoms with van der Waals surface area (Å²) < 4.78 is 0. The standard InChI is InChI=1S/C4H12B2P2.2Y/c1-7(5)3-4-8(2)6;;/h7-8H,3-4H2,1-2H3;;/q+2;;. The van der Waals surface area contributed by atoms with Crippen LogP contribution in [0.3, 0.4) is 0 Å². The molecule has 0 aromatic carbocycles. The van der Waals surface area contributed by atoms with Gasteiger partial charge in [0.25, 0.3) is 0 Å². The molecule has 0 heterocycles. The summed E-state index contributed by atoms with van der Waals surface area (Å²) in [5.74, 6) is 0. The fraction of sp³-hybridized carbons (Fsp3) is 1.00. The molecule has 0 rings (SSSR count). The molecule has 0 saturated heterocycles. The van der Waals surface area contributed by atoms with E-state index < -0.39 is 15.6 Å². The van der Waals surface area contributed by atoms with E-state index in [-0.39, 0.29) is 65.4 Å². The van der Waals surface area contributed by atoms with Gasteiger partial charge in [-0.1, -0.05) is 15.6 Å². The van der Waals surface area contributed by atoms with Crippen molar-refractivity contribution < 1.29 is 65.4 Å². The number of hydrogen-bond acceptors (Lipinski definition) is 0. The maximum absolute atomic E-state index is 5.60. The zero-order valence-corrected chi connectivity index (χ0v) is 14.4. The van der Waals surface area contributed by atoms with Crippen LogP contribution in [0.15, 0.2) is 0 Å². The minimum atomic E-state index is -0.484. The third-order valence-electron chi connectivity index (χ3n) is 0.914. The first-order valence-corrected chi connectivity index (χ1v) is 7.35. The van der Waals surface area contributed by atoms with Crippen LogP contribution < -0.4 is 0 Å². The van der Waals surface area contributed by atoms with Crippen LogP contribution in [0.5, 0.6) is 0 Å². The van der Waals surface area contributed by atoms with Crippen LogP contribution in [0.4, 0.5) is 0 Å². The van der Waals surface area contributed by atoms with Gasteiger partial charge < -0.3 is 0 Å². The van der Waals surface area contributed by atoms with E-state index in [0.29, 0.717) is 0 Å². The second kappa shape index (κ2) is 12.2. The third-order valence-corrected chi connectivity index (χ3v) is 3.49. The SMILES string of the molecule is [B][PH+](C)CC[PH+]([B])C.[Y].[Y]. The summed E-state index contributed by atoms with van der Waals surface area (Å²) in [5, 5.41) is 0. The van der Waals surface area contributed by atoms with E-state index in [2.05, 4.69) is 13.3 Å². The van der Waals surface area contributed by atoms with Gasteiger partial charge in [0.1, 0.15) is 0 Å². The van der Waals surface area contributed by atoms with Gasteiger partial charge in [0.05, 0.1) is 12.3 Å². The first kappa shape index (κ1) is 18.9. The molecular formula is C4H12B2P2Y2+2. The first-order valence-electron chi connectivity index (χ1n) is 2.78. The van der Waals surface area contributed by atoms with Crippen LogP contribution in [0.2, 0.25) is 0 Å². The average molecular weight is 322 g/mol. The molecule has 0 aliphatic carbocycles. The molecule has 0 amide bonds. The smallest absolute Gasteiger partial charge is 0.0525 e. The van der Waals surface area contributed by atoms with Crippen LogP contribution in [0, 0.1) is 0 Å². The van der Waals surface area contributed by atoms with Gasteiger partial charge in [-0.3, -0.25) is 0 Å². The predicted molar refractivity (Wildman–Crippen MR) is 49.7 cm³/mol. The van der Waals surface area contributed by atoms with Gasteiger partial charge in [-0.15, -0.1) is 0 Å². The van der Waals surface area contributed by atoms with Crippen molar-refractivity contribution >= 4 is 30.7 Å². The summed E-state index contributed by atoms with van der Waals surface area (Å²) in [7, 11) is 10.2. The fourth-order valence-electron chi connectivity index (χ4n) is 0.394. The Hall–Kier alpha value is 3.20. The molecule has 10 heavy (non-hydrogen) atoms. The van der Waals surface area contributed by atoms with E-state index in [4.69, 9.17) is 15.1 Å². The molecule has 6 radical (unpaired) electrons. The Balaban J connectivity index is -0.000000245. The van der Waals surface area contributed by atoms with Gasteiger partial charge in [0.2, 0.25) is 0 Å². The van der Waals surface area contributed by atoms with E-state index >= 15 is 0 Å². The minimum Gasteiger partial charge on any atom is -0.0525 e. The van der Waals surface area contributed by atoms with Gasteiger partial charge in [-0.25, -0.2) is 0 Å². The summed E-state index contributed by atoms with van der Waals surface area (Å²) in [6, 6.07) is 0. The van der Waals surface area contributed by atoms with E-state index in [9.17, 15) is 0 Å². The fourth-order valence-corrected chi connectivity index (χ4v) is 3.55. The summed E-state index contributed by atoms with van der Waals surface area (Å²) in [6.07, 6.45) is 2.37. The van der Waals surface area contributed by atoms with E-state index in [0.717, 1.165) is 0 Å². The third kappa shape index (κ3) is 17.3. The molecule has 0 fully saturated rings. The van der Waals surface area contributed by atoms with Crippen molar-refractivity contribution in [3.8, 4) is 0 Å². The quantitative estimate of drug-likeness (QED) is 0.534. The van der Waals surface area contributed by atoms with E-state index in [1.54, 1.807) is 0 Å². The Morgan fingerprint density at radius 2 is 1.10 bits per heavy atom. The monoisotopic (exact) mass is 322 g/mol. The molecule has 6 heteroatoms. The van der Waals surface area contributed by atoms with Gasteiger partial charge in [-0.2, -0.15) is 0 Å². The summed E-state index contributed by atoms with van der Waals surface area (Å²) in [5.41, 5.74) is 0. The van der Waals surface area contributed by atoms with Gasteiger partial charge in [-0.05, 0) is 0 Å². The maximum atomic E-state index is 5.60. The number of hydrogen-bond donors (Lipinski definition) is 0. The molecule has 0 aliphatic heterocycles. The Kier molecular flexibility index (Phi) is 23.0. The Labute approximate surface area is 120 Å². The molecular weight excluding hydrogens is 309 g/mol. The second-order valence-corrected chi connectivity index (χ2v) is 6.58. The normalized spacial score (nSPS) is 14.2. The molecule has 0 spiro atoms. The molecule has 0 aromatic rings. The van der Waals surface area contributed by atoms with Crippen LogP contribution in [0.1, 0.15) is 0 Å². The maximum Gasteiger partial charge on any atom is 0.362 e. The van der Waals surface area contributed by atoms with Crippen molar-refractivity contribution in [2.75, 3.05) is 25.7 Å². The topological polar surface area (TPSA) is 0 Å². The van der Waals surface area contributed by atoms with Crippen molar-refractivity contribution in [1.82, 2.24) is 0 Å². The van der Waals surface area contributed by atoms with E-state index in [1.807, 2.05) is 0 Å². The predicted octanol–water partition coefficient (Wildman–Crippen LogP) is 0.836. The molecule has 2 unspecified atom stereocenters. The molecule has 0 nitrogen and oxygen atoms in total. The molecule has 0 aliphatic rings. The van der Waals surface area contributed by atoms with Gasteiger partial charge in [0.15, 0.2) is 0 Å². The Morgan fingerprint density at radius 1 is 0.900 bits per heavy atom. The van der Waals surface area contributed by atoms with Crippen LogP contribution >= 0.6 is 15.6 Å². The first-order chi connectivity index (χ1) is 3.63. The minimum absolute atomic E-state index is 0. The number of rotatable bonds is 3. The van der Waals surface area contributed by atoms with Crippen molar-refractivity contribution in [3.05, 3.63) is 0 Å². The molecule has 0 aromatic heterocycles. The van der Waals surface area contributed by atoms with Crippen molar-refractivity contribution in [2.45, 2.75) is 0 Å².